The highest BCUT2D eigenvalue weighted by Gasteiger charge is 2.39. The fourth-order valence-electron chi connectivity index (χ4n) is 3.46. The second-order valence-electron chi connectivity index (χ2n) is 8.01. The highest BCUT2D eigenvalue weighted by atomic mass is 35.5. The molecule has 2 heterocycles. The van der Waals surface area contributed by atoms with Gasteiger partial charge < -0.3 is 10.2 Å². The number of benzene rings is 2. The van der Waals surface area contributed by atoms with E-state index in [0.29, 0.717) is 25.9 Å². The second kappa shape index (κ2) is 10.5. The molecule has 37 heavy (non-hydrogen) atoms. The van der Waals surface area contributed by atoms with Crippen LogP contribution < -0.4 is 5.69 Å². The average Bonchev–Trinajstić information content (AvgIpc) is 3.38. The number of aliphatic hydroxyl groups is 2. The van der Waals surface area contributed by atoms with Crippen molar-refractivity contribution in [2.45, 2.75) is 38.4 Å². The minimum absolute atomic E-state index is 0.0118. The Balaban J connectivity index is 1.79. The van der Waals surface area contributed by atoms with E-state index in [1.807, 2.05) is 0 Å². The van der Waals surface area contributed by atoms with Gasteiger partial charge in [0.05, 0.1) is 17.3 Å². The maximum absolute atomic E-state index is 13.1. The molecule has 0 aliphatic rings. The molecule has 2 aromatic carbocycles. The lowest BCUT2D eigenvalue weighted by molar-refractivity contribution is -0.207. The zero-order valence-corrected chi connectivity index (χ0v) is 21.1. The topological polar surface area (TPSA) is 111 Å². The summed E-state index contributed by atoms with van der Waals surface area (Å²) in [7, 11) is 0. The van der Waals surface area contributed by atoms with Gasteiger partial charge in [-0.25, -0.2) is 19.1 Å². The molecule has 0 saturated carbocycles. The van der Waals surface area contributed by atoms with E-state index in [2.05, 4.69) is 15.2 Å². The maximum Gasteiger partial charge on any atom is 0.416 e. The minimum Gasteiger partial charge on any atom is -0.385 e. The molecule has 2 N–H and O–H groups in total. The van der Waals surface area contributed by atoms with Crippen LogP contribution in [-0.2, 0) is 13.1 Å². The second-order valence-corrected chi connectivity index (χ2v) is 9.29. The van der Waals surface area contributed by atoms with Crippen molar-refractivity contribution in [3.8, 4) is 17.1 Å². The summed E-state index contributed by atoms with van der Waals surface area (Å²) in [5.74, 6) is -0.0344. The molecule has 196 valence electrons. The van der Waals surface area contributed by atoms with Crippen LogP contribution in [0.5, 0.6) is 0 Å². The van der Waals surface area contributed by atoms with Crippen molar-refractivity contribution >= 4 is 34.8 Å². The Morgan fingerprint density at radius 3 is 2.27 bits per heavy atom. The van der Waals surface area contributed by atoms with E-state index < -0.39 is 30.6 Å². The summed E-state index contributed by atoms with van der Waals surface area (Å²) in [6.45, 7) is -0.000541. The summed E-state index contributed by atoms with van der Waals surface area (Å²) < 4.78 is 42.0. The Morgan fingerprint density at radius 1 is 1.00 bits per heavy atom. The van der Waals surface area contributed by atoms with Crippen LogP contribution in [0.2, 0.25) is 15.1 Å². The van der Waals surface area contributed by atoms with Gasteiger partial charge in [0.2, 0.25) is 0 Å². The first-order valence-electron chi connectivity index (χ1n) is 10.6. The zero-order valence-electron chi connectivity index (χ0n) is 18.9. The average molecular weight is 578 g/mol. The Bertz CT molecular complexity index is 1480. The molecule has 0 saturated heterocycles. The molecular formula is C22H18Cl3F3N6O3. The molecule has 2 atom stereocenters. The predicted molar refractivity (Wildman–Crippen MR) is 130 cm³/mol. The molecule has 0 spiro atoms. The van der Waals surface area contributed by atoms with Gasteiger partial charge in [-0.15, -0.1) is 10.2 Å². The van der Waals surface area contributed by atoms with Crippen molar-refractivity contribution in [3.63, 3.8) is 0 Å². The highest BCUT2D eigenvalue weighted by molar-refractivity contribution is 6.34. The van der Waals surface area contributed by atoms with Gasteiger partial charge in [0.15, 0.2) is 23.6 Å². The van der Waals surface area contributed by atoms with E-state index in [1.54, 1.807) is 6.07 Å². The van der Waals surface area contributed by atoms with Crippen LogP contribution in [0, 0.1) is 0 Å². The SMILES string of the molecule is CC(O)c1nc(Cn2nc(-c3ccc(Cl)cc3)n(C[C@H](O)C(F)(F)F)c2=O)nn1-c1cc(Cl)ccc1Cl. The van der Waals surface area contributed by atoms with Gasteiger partial charge in [0.25, 0.3) is 0 Å². The van der Waals surface area contributed by atoms with Gasteiger partial charge in [-0.2, -0.15) is 13.2 Å². The summed E-state index contributed by atoms with van der Waals surface area (Å²) in [4.78, 5) is 17.4. The number of rotatable bonds is 7. The predicted octanol–water partition coefficient (Wildman–Crippen LogP) is 4.28. The number of nitrogens with zero attached hydrogens (tertiary/aromatic N) is 6. The first-order valence-corrected chi connectivity index (χ1v) is 11.8. The lowest BCUT2D eigenvalue weighted by atomic mass is 10.2. The van der Waals surface area contributed by atoms with Crippen LogP contribution in [0.1, 0.15) is 24.7 Å². The van der Waals surface area contributed by atoms with Crippen LogP contribution in [0.15, 0.2) is 47.3 Å². The van der Waals surface area contributed by atoms with Crippen LogP contribution in [0.4, 0.5) is 13.2 Å². The van der Waals surface area contributed by atoms with Crippen molar-refractivity contribution in [1.82, 2.24) is 29.1 Å². The van der Waals surface area contributed by atoms with Crippen LogP contribution >= 0.6 is 34.8 Å². The molecular weight excluding hydrogens is 560 g/mol. The van der Waals surface area contributed by atoms with Crippen LogP contribution in [0.3, 0.4) is 0 Å². The summed E-state index contributed by atoms with van der Waals surface area (Å²) in [5, 5.41) is 29.3. The van der Waals surface area contributed by atoms with Crippen molar-refractivity contribution in [2.24, 2.45) is 0 Å². The fraction of sp³-hybridized carbons (Fsp3) is 0.273. The number of aromatic nitrogens is 6. The van der Waals surface area contributed by atoms with E-state index >= 15 is 0 Å². The van der Waals surface area contributed by atoms with Gasteiger partial charge >= 0.3 is 11.9 Å². The molecule has 2 aromatic heterocycles. The Hall–Kier alpha value is -2.90. The molecule has 0 radical (unpaired) electrons. The molecule has 4 rings (SSSR count). The van der Waals surface area contributed by atoms with Gasteiger partial charge in [-0.3, -0.25) is 4.57 Å². The fourth-order valence-corrected chi connectivity index (χ4v) is 3.95. The third-order valence-corrected chi connectivity index (χ3v) is 6.04. The molecule has 1 unspecified atom stereocenters. The third kappa shape index (κ3) is 5.83. The number of aliphatic hydroxyl groups excluding tert-OH is 2. The Labute approximate surface area is 222 Å². The van der Waals surface area contributed by atoms with Gasteiger partial charge in [0, 0.05) is 15.6 Å². The van der Waals surface area contributed by atoms with Crippen molar-refractivity contribution in [2.75, 3.05) is 0 Å². The van der Waals surface area contributed by atoms with Crippen LogP contribution in [-0.4, -0.2) is 51.6 Å². The smallest absolute Gasteiger partial charge is 0.385 e. The van der Waals surface area contributed by atoms with E-state index in [9.17, 15) is 28.2 Å². The highest BCUT2D eigenvalue weighted by Crippen LogP contribution is 2.27. The lowest BCUT2D eigenvalue weighted by Crippen LogP contribution is -2.37. The zero-order chi connectivity index (χ0) is 27.1. The number of hydrogen-bond acceptors (Lipinski definition) is 6. The molecule has 0 aliphatic heterocycles. The van der Waals surface area contributed by atoms with Crippen molar-refractivity contribution in [3.05, 3.63) is 79.7 Å². The number of alkyl halides is 3. The molecule has 9 nitrogen and oxygen atoms in total. The van der Waals surface area contributed by atoms with E-state index in [1.165, 1.54) is 48.0 Å². The largest absolute Gasteiger partial charge is 0.416 e. The molecule has 0 bridgehead atoms. The van der Waals surface area contributed by atoms with Crippen molar-refractivity contribution < 1.29 is 23.4 Å². The Morgan fingerprint density at radius 2 is 1.65 bits per heavy atom. The number of halogens is 6. The van der Waals surface area contributed by atoms with E-state index in [-0.39, 0.29) is 29.0 Å². The standard InChI is InChI=1S/C22H18Cl3F3N6O3/c1-11(35)19-29-18(30-34(19)16-8-14(24)6-7-15(16)25)10-33-21(37)32(9-17(36)22(26,27)28)20(31-33)12-2-4-13(23)5-3-12/h2-8,11,17,35-36H,9-10H2,1H3/t11?,17-/m0/s1. The summed E-state index contributed by atoms with van der Waals surface area (Å²) in [6.07, 6.45) is -8.86. The first kappa shape index (κ1) is 27.1. The molecule has 0 fully saturated rings. The van der Waals surface area contributed by atoms with E-state index in [4.69, 9.17) is 34.8 Å². The quantitative estimate of drug-likeness (QED) is 0.339. The molecule has 15 heteroatoms. The molecule has 4 aromatic rings. The summed E-state index contributed by atoms with van der Waals surface area (Å²) in [6, 6.07) is 10.5. The van der Waals surface area contributed by atoms with Gasteiger partial charge in [-0.1, -0.05) is 34.8 Å². The van der Waals surface area contributed by atoms with Crippen LogP contribution in [0.25, 0.3) is 17.1 Å². The third-order valence-electron chi connectivity index (χ3n) is 5.24. The number of hydrogen-bond donors (Lipinski definition) is 2. The maximum atomic E-state index is 13.1. The Kier molecular flexibility index (Phi) is 7.67. The van der Waals surface area contributed by atoms with Crippen molar-refractivity contribution in [1.29, 1.82) is 0 Å². The lowest BCUT2D eigenvalue weighted by Gasteiger charge is -2.15. The monoisotopic (exact) mass is 576 g/mol. The molecule has 0 amide bonds. The van der Waals surface area contributed by atoms with Gasteiger partial charge in [0.1, 0.15) is 12.6 Å². The van der Waals surface area contributed by atoms with Gasteiger partial charge in [-0.05, 0) is 49.4 Å². The summed E-state index contributed by atoms with van der Waals surface area (Å²) in [5.41, 5.74) is -0.329. The molecule has 0 aliphatic carbocycles. The first-order chi connectivity index (χ1) is 17.3. The van der Waals surface area contributed by atoms with E-state index in [0.717, 1.165) is 4.68 Å². The summed E-state index contributed by atoms with van der Waals surface area (Å²) >= 11 is 18.2. The normalized spacial score (nSPS) is 13.6. The minimum atomic E-state index is -4.96.